The lowest BCUT2D eigenvalue weighted by atomic mass is 10.1. The van der Waals surface area contributed by atoms with Crippen molar-refractivity contribution in [3.05, 3.63) is 34.1 Å². The lowest BCUT2D eigenvalue weighted by molar-refractivity contribution is 0.0947. The summed E-state index contributed by atoms with van der Waals surface area (Å²) in [4.78, 5) is 0. The lowest BCUT2D eigenvalue weighted by Crippen LogP contribution is -2.30. The molecule has 0 aliphatic rings. The van der Waals surface area contributed by atoms with Gasteiger partial charge in [-0.1, -0.05) is 15.9 Å². The molecule has 0 aliphatic heterocycles. The molecule has 0 saturated heterocycles. The Balaban J connectivity index is 2.34. The summed E-state index contributed by atoms with van der Waals surface area (Å²) < 4.78 is 14.1. The zero-order valence-corrected chi connectivity index (χ0v) is 10.4. The molecule has 1 rings (SSSR count). The molecular formula is C11H15BrFNO2. The summed E-state index contributed by atoms with van der Waals surface area (Å²) in [6, 6.07) is 4.81. The second-order valence-electron chi connectivity index (χ2n) is 3.53. The highest BCUT2D eigenvalue weighted by atomic mass is 79.9. The van der Waals surface area contributed by atoms with Crippen molar-refractivity contribution in [2.75, 3.05) is 19.7 Å². The van der Waals surface area contributed by atoms with Crippen LogP contribution in [0.5, 0.6) is 0 Å². The van der Waals surface area contributed by atoms with Gasteiger partial charge in [0.2, 0.25) is 0 Å². The van der Waals surface area contributed by atoms with E-state index in [4.69, 9.17) is 10.2 Å². The average molecular weight is 292 g/mol. The normalized spacial score (nSPS) is 12.8. The summed E-state index contributed by atoms with van der Waals surface area (Å²) in [5.74, 6) is -0.229. The first kappa shape index (κ1) is 13.6. The van der Waals surface area contributed by atoms with E-state index in [1.165, 1.54) is 6.07 Å². The highest BCUT2D eigenvalue weighted by molar-refractivity contribution is 9.10. The van der Waals surface area contributed by atoms with Gasteiger partial charge in [-0.25, -0.2) is 4.39 Å². The van der Waals surface area contributed by atoms with Gasteiger partial charge in [-0.05, 0) is 36.7 Å². The molecule has 1 aromatic carbocycles. The predicted octanol–water partition coefficient (Wildman–Crippen LogP) is 1.07. The molecule has 3 N–H and O–H groups in total. The van der Waals surface area contributed by atoms with E-state index in [1.54, 1.807) is 12.1 Å². The van der Waals surface area contributed by atoms with Crippen molar-refractivity contribution in [2.24, 2.45) is 0 Å². The molecule has 0 heterocycles. The SMILES string of the molecule is OCC(O)CNCCc1cc(Br)ccc1F. The molecule has 16 heavy (non-hydrogen) atoms. The fraction of sp³-hybridized carbons (Fsp3) is 0.455. The summed E-state index contributed by atoms with van der Waals surface area (Å²) >= 11 is 3.28. The quantitative estimate of drug-likeness (QED) is 0.688. The third-order valence-electron chi connectivity index (χ3n) is 2.17. The van der Waals surface area contributed by atoms with Crippen LogP contribution in [0.3, 0.4) is 0 Å². The van der Waals surface area contributed by atoms with Gasteiger partial charge in [0.15, 0.2) is 0 Å². The Bertz CT molecular complexity index is 336. The number of hydrogen-bond acceptors (Lipinski definition) is 3. The summed E-state index contributed by atoms with van der Waals surface area (Å²) in [5.41, 5.74) is 0.625. The molecule has 1 atom stereocenters. The Labute approximate surface area is 102 Å². The molecule has 0 spiro atoms. The third kappa shape index (κ3) is 4.57. The third-order valence-corrected chi connectivity index (χ3v) is 2.66. The minimum absolute atomic E-state index is 0.229. The topological polar surface area (TPSA) is 52.5 Å². The van der Waals surface area contributed by atoms with Crippen LogP contribution in [0.15, 0.2) is 22.7 Å². The maximum Gasteiger partial charge on any atom is 0.126 e. The van der Waals surface area contributed by atoms with E-state index in [0.717, 1.165) is 4.47 Å². The first-order valence-electron chi connectivity index (χ1n) is 5.07. The fourth-order valence-corrected chi connectivity index (χ4v) is 1.70. The van der Waals surface area contributed by atoms with Gasteiger partial charge < -0.3 is 15.5 Å². The van der Waals surface area contributed by atoms with Crippen LogP contribution in [0.1, 0.15) is 5.56 Å². The van der Waals surface area contributed by atoms with Crippen molar-refractivity contribution < 1.29 is 14.6 Å². The van der Waals surface area contributed by atoms with Crippen molar-refractivity contribution >= 4 is 15.9 Å². The summed E-state index contributed by atoms with van der Waals surface area (Å²) in [6.07, 6.45) is -0.212. The van der Waals surface area contributed by atoms with Gasteiger partial charge in [0.05, 0.1) is 12.7 Å². The molecule has 0 aliphatic carbocycles. The van der Waals surface area contributed by atoms with E-state index in [0.29, 0.717) is 25.1 Å². The van der Waals surface area contributed by atoms with Crippen LogP contribution < -0.4 is 5.32 Å². The van der Waals surface area contributed by atoms with Gasteiger partial charge in [-0.2, -0.15) is 0 Å². The number of benzene rings is 1. The largest absolute Gasteiger partial charge is 0.394 e. The number of aliphatic hydroxyl groups is 2. The lowest BCUT2D eigenvalue weighted by Gasteiger charge is -2.09. The predicted molar refractivity (Wildman–Crippen MR) is 63.8 cm³/mol. The second-order valence-corrected chi connectivity index (χ2v) is 4.44. The molecular weight excluding hydrogens is 277 g/mol. The maximum absolute atomic E-state index is 13.3. The van der Waals surface area contributed by atoms with Crippen LogP contribution in [-0.4, -0.2) is 36.0 Å². The van der Waals surface area contributed by atoms with Gasteiger partial charge in [-0.15, -0.1) is 0 Å². The van der Waals surface area contributed by atoms with E-state index in [-0.39, 0.29) is 12.4 Å². The molecule has 0 saturated carbocycles. The number of halogens is 2. The molecule has 0 radical (unpaired) electrons. The summed E-state index contributed by atoms with van der Waals surface area (Å²) in [5, 5.41) is 20.6. The highest BCUT2D eigenvalue weighted by Gasteiger charge is 2.04. The van der Waals surface area contributed by atoms with Crippen molar-refractivity contribution in [3.63, 3.8) is 0 Å². The second kappa shape index (κ2) is 6.96. The van der Waals surface area contributed by atoms with Crippen LogP contribution in [0.25, 0.3) is 0 Å². The van der Waals surface area contributed by atoms with E-state index in [2.05, 4.69) is 21.2 Å². The van der Waals surface area contributed by atoms with Crippen molar-refractivity contribution in [2.45, 2.75) is 12.5 Å². The minimum atomic E-state index is -0.757. The summed E-state index contributed by atoms with van der Waals surface area (Å²) in [6.45, 7) is 0.606. The number of hydrogen-bond donors (Lipinski definition) is 3. The minimum Gasteiger partial charge on any atom is -0.394 e. The monoisotopic (exact) mass is 291 g/mol. The zero-order chi connectivity index (χ0) is 12.0. The van der Waals surface area contributed by atoms with Gasteiger partial charge in [0, 0.05) is 11.0 Å². The van der Waals surface area contributed by atoms with Crippen molar-refractivity contribution in [1.29, 1.82) is 0 Å². The first-order valence-corrected chi connectivity index (χ1v) is 5.86. The van der Waals surface area contributed by atoms with E-state index < -0.39 is 6.10 Å². The average Bonchev–Trinajstić information content (AvgIpc) is 2.28. The van der Waals surface area contributed by atoms with Crippen LogP contribution in [0.2, 0.25) is 0 Å². The van der Waals surface area contributed by atoms with Crippen LogP contribution >= 0.6 is 15.9 Å². The fourth-order valence-electron chi connectivity index (χ4n) is 1.29. The van der Waals surface area contributed by atoms with Crippen LogP contribution in [0, 0.1) is 5.82 Å². The molecule has 1 aromatic rings. The molecule has 90 valence electrons. The Morgan fingerprint density at radius 3 is 2.88 bits per heavy atom. The number of aliphatic hydroxyl groups excluding tert-OH is 2. The first-order chi connectivity index (χ1) is 7.63. The van der Waals surface area contributed by atoms with Gasteiger partial charge >= 0.3 is 0 Å². The van der Waals surface area contributed by atoms with E-state index in [1.807, 2.05) is 0 Å². The van der Waals surface area contributed by atoms with Crippen molar-refractivity contribution in [1.82, 2.24) is 5.32 Å². The smallest absolute Gasteiger partial charge is 0.126 e. The van der Waals surface area contributed by atoms with Gasteiger partial charge in [0.25, 0.3) is 0 Å². The molecule has 0 bridgehead atoms. The molecule has 0 amide bonds. The highest BCUT2D eigenvalue weighted by Crippen LogP contribution is 2.15. The van der Waals surface area contributed by atoms with Crippen LogP contribution in [-0.2, 0) is 6.42 Å². The van der Waals surface area contributed by atoms with Gasteiger partial charge in [-0.3, -0.25) is 0 Å². The van der Waals surface area contributed by atoms with Crippen LogP contribution in [0.4, 0.5) is 4.39 Å². The number of rotatable bonds is 6. The molecule has 3 nitrogen and oxygen atoms in total. The Morgan fingerprint density at radius 2 is 2.19 bits per heavy atom. The summed E-state index contributed by atoms with van der Waals surface area (Å²) in [7, 11) is 0. The standard InChI is InChI=1S/C11H15BrFNO2/c12-9-1-2-11(13)8(5-9)3-4-14-6-10(16)7-15/h1-2,5,10,14-16H,3-4,6-7H2. The maximum atomic E-state index is 13.3. The molecule has 5 heteroatoms. The van der Waals surface area contributed by atoms with E-state index in [9.17, 15) is 4.39 Å². The van der Waals surface area contributed by atoms with Gasteiger partial charge in [0.1, 0.15) is 5.82 Å². The number of nitrogens with one attached hydrogen (secondary N) is 1. The Kier molecular flexibility index (Phi) is 5.90. The molecule has 0 aromatic heterocycles. The zero-order valence-electron chi connectivity index (χ0n) is 8.79. The Morgan fingerprint density at radius 1 is 1.44 bits per heavy atom. The molecule has 1 unspecified atom stereocenters. The van der Waals surface area contributed by atoms with Crippen molar-refractivity contribution in [3.8, 4) is 0 Å². The Hall–Kier alpha value is -0.490. The van der Waals surface area contributed by atoms with E-state index >= 15 is 0 Å². The molecule has 0 fully saturated rings.